The summed E-state index contributed by atoms with van der Waals surface area (Å²) in [6, 6.07) is 11.7. The number of carbonyl (C=O) groups is 1. The lowest BCUT2D eigenvalue weighted by Gasteiger charge is -2.07. The number of amides is 1. The van der Waals surface area contributed by atoms with Gasteiger partial charge in [-0.15, -0.1) is 0 Å². The first kappa shape index (κ1) is 16.1. The van der Waals surface area contributed by atoms with Crippen molar-refractivity contribution in [1.82, 2.24) is 9.78 Å². The number of carbonyl (C=O) groups excluding carboxylic acids is 1. The summed E-state index contributed by atoms with van der Waals surface area (Å²) in [4.78, 5) is 34.2. The first-order valence-corrected chi connectivity index (χ1v) is 7.19. The molecule has 0 saturated carbocycles. The van der Waals surface area contributed by atoms with Crippen molar-refractivity contribution in [3.05, 3.63) is 75.3 Å². The molecule has 3 aromatic rings. The van der Waals surface area contributed by atoms with Gasteiger partial charge in [-0.2, -0.15) is 5.10 Å². The summed E-state index contributed by atoms with van der Waals surface area (Å²) in [5.41, 5.74) is 0.0691. The Morgan fingerprint density at radius 2 is 2.08 bits per heavy atom. The van der Waals surface area contributed by atoms with Crippen LogP contribution in [0.1, 0.15) is 0 Å². The molecule has 0 unspecified atom stereocenters. The third-order valence-corrected chi connectivity index (χ3v) is 3.27. The van der Waals surface area contributed by atoms with E-state index in [-0.39, 0.29) is 17.9 Å². The summed E-state index contributed by atoms with van der Waals surface area (Å²) in [5.74, 6) is -0.0699. The number of nitro groups is 1. The van der Waals surface area contributed by atoms with Crippen molar-refractivity contribution in [3.63, 3.8) is 0 Å². The van der Waals surface area contributed by atoms with Gasteiger partial charge in [-0.25, -0.2) is 4.68 Å². The Morgan fingerprint density at radius 1 is 1.24 bits per heavy atom. The highest BCUT2D eigenvalue weighted by atomic mass is 16.6. The molecule has 1 aromatic carbocycles. The number of nitrogens with zero attached hydrogens (tertiary/aromatic N) is 3. The van der Waals surface area contributed by atoms with Gasteiger partial charge in [0.2, 0.25) is 5.91 Å². The molecule has 0 aliphatic heterocycles. The van der Waals surface area contributed by atoms with E-state index in [4.69, 9.17) is 4.42 Å². The van der Waals surface area contributed by atoms with Gasteiger partial charge >= 0.3 is 0 Å². The van der Waals surface area contributed by atoms with E-state index < -0.39 is 16.4 Å². The number of nitrogens with one attached hydrogen (secondary N) is 1. The van der Waals surface area contributed by atoms with E-state index in [2.05, 4.69) is 10.4 Å². The average molecular weight is 340 g/mol. The van der Waals surface area contributed by atoms with Crippen molar-refractivity contribution in [3.8, 4) is 11.5 Å². The molecular weight excluding hydrogens is 328 g/mol. The fourth-order valence-electron chi connectivity index (χ4n) is 2.15. The number of non-ortho nitro benzene ring substituents is 1. The van der Waals surface area contributed by atoms with Gasteiger partial charge in [0.25, 0.3) is 11.2 Å². The summed E-state index contributed by atoms with van der Waals surface area (Å²) in [6.45, 7) is -0.337. The quantitative estimate of drug-likeness (QED) is 0.560. The molecule has 126 valence electrons. The van der Waals surface area contributed by atoms with Crippen LogP contribution in [0.25, 0.3) is 11.5 Å². The second-order valence-electron chi connectivity index (χ2n) is 5.05. The van der Waals surface area contributed by atoms with Crippen LogP contribution in [0, 0.1) is 10.1 Å². The highest BCUT2D eigenvalue weighted by Crippen LogP contribution is 2.17. The normalized spacial score (nSPS) is 10.4. The fraction of sp³-hybridized carbons (Fsp3) is 0.0625. The lowest BCUT2D eigenvalue weighted by molar-refractivity contribution is -0.384. The molecule has 9 heteroatoms. The van der Waals surface area contributed by atoms with Crippen molar-refractivity contribution in [2.45, 2.75) is 6.54 Å². The summed E-state index contributed by atoms with van der Waals surface area (Å²) >= 11 is 0. The molecule has 25 heavy (non-hydrogen) atoms. The van der Waals surface area contributed by atoms with Crippen LogP contribution in [0.2, 0.25) is 0 Å². The van der Waals surface area contributed by atoms with E-state index in [1.54, 1.807) is 12.1 Å². The third kappa shape index (κ3) is 3.78. The Morgan fingerprint density at radius 3 is 2.80 bits per heavy atom. The molecule has 0 aliphatic rings. The second-order valence-corrected chi connectivity index (χ2v) is 5.05. The summed E-state index contributed by atoms with van der Waals surface area (Å²) in [5, 5.41) is 17.3. The van der Waals surface area contributed by atoms with Gasteiger partial charge in [-0.1, -0.05) is 6.07 Å². The molecule has 0 radical (unpaired) electrons. The number of hydrogen-bond donors (Lipinski definition) is 1. The highest BCUT2D eigenvalue weighted by molar-refractivity contribution is 5.90. The van der Waals surface area contributed by atoms with Crippen LogP contribution in [0.15, 0.2) is 64.0 Å². The maximum atomic E-state index is 12.1. The summed E-state index contributed by atoms with van der Waals surface area (Å²) < 4.78 is 6.20. The minimum atomic E-state index is -0.561. The Kier molecular flexibility index (Phi) is 4.38. The van der Waals surface area contributed by atoms with E-state index in [0.29, 0.717) is 11.5 Å². The molecule has 1 N–H and O–H groups in total. The Balaban J connectivity index is 1.77. The first-order valence-electron chi connectivity index (χ1n) is 7.19. The van der Waals surface area contributed by atoms with Gasteiger partial charge in [0.05, 0.1) is 11.2 Å². The zero-order valence-corrected chi connectivity index (χ0v) is 12.8. The van der Waals surface area contributed by atoms with Crippen LogP contribution in [0.4, 0.5) is 11.4 Å². The van der Waals surface area contributed by atoms with Gasteiger partial charge in [-0.05, 0) is 24.3 Å². The van der Waals surface area contributed by atoms with Crippen LogP contribution >= 0.6 is 0 Å². The predicted octanol–water partition coefficient (Wildman–Crippen LogP) is 2.05. The summed E-state index contributed by atoms with van der Waals surface area (Å²) in [7, 11) is 0. The molecule has 2 aromatic heterocycles. The van der Waals surface area contributed by atoms with Crippen LogP contribution in [0.3, 0.4) is 0 Å². The molecule has 9 nitrogen and oxygen atoms in total. The molecule has 0 aliphatic carbocycles. The first-order chi connectivity index (χ1) is 12.0. The summed E-state index contributed by atoms with van der Waals surface area (Å²) in [6.07, 6.45) is 1.47. The number of nitro benzene ring substituents is 1. The van der Waals surface area contributed by atoms with Crippen LogP contribution in [0.5, 0.6) is 0 Å². The van der Waals surface area contributed by atoms with Gasteiger partial charge in [0.15, 0.2) is 5.76 Å². The molecule has 0 saturated heterocycles. The number of hydrogen-bond acceptors (Lipinski definition) is 6. The molecular formula is C16H12N4O5. The number of benzene rings is 1. The van der Waals surface area contributed by atoms with E-state index in [1.165, 1.54) is 42.7 Å². The largest absolute Gasteiger partial charge is 0.463 e. The number of furan rings is 1. The Hall–Kier alpha value is -3.75. The van der Waals surface area contributed by atoms with Gasteiger partial charge in [0.1, 0.15) is 12.2 Å². The third-order valence-electron chi connectivity index (χ3n) is 3.27. The van der Waals surface area contributed by atoms with Crippen LogP contribution in [-0.4, -0.2) is 20.6 Å². The smallest absolute Gasteiger partial charge is 0.271 e. The van der Waals surface area contributed by atoms with E-state index in [1.807, 2.05) is 0 Å². The predicted molar refractivity (Wildman–Crippen MR) is 87.9 cm³/mol. The molecule has 0 fully saturated rings. The van der Waals surface area contributed by atoms with Gasteiger partial charge < -0.3 is 9.73 Å². The number of aromatic nitrogens is 2. The van der Waals surface area contributed by atoms with Crippen LogP contribution < -0.4 is 10.9 Å². The molecule has 0 bridgehead atoms. The highest BCUT2D eigenvalue weighted by Gasteiger charge is 2.11. The maximum Gasteiger partial charge on any atom is 0.271 e. The van der Waals surface area contributed by atoms with Crippen molar-refractivity contribution in [2.24, 2.45) is 0 Å². The number of anilines is 1. The fourth-order valence-corrected chi connectivity index (χ4v) is 2.15. The van der Waals surface area contributed by atoms with Crippen molar-refractivity contribution in [1.29, 1.82) is 0 Å². The zero-order valence-electron chi connectivity index (χ0n) is 12.8. The van der Waals surface area contributed by atoms with E-state index in [0.717, 1.165) is 4.68 Å². The van der Waals surface area contributed by atoms with Gasteiger partial charge in [0, 0.05) is 23.9 Å². The number of rotatable bonds is 5. The molecule has 3 rings (SSSR count). The van der Waals surface area contributed by atoms with Crippen molar-refractivity contribution < 1.29 is 14.1 Å². The maximum absolute atomic E-state index is 12.1. The molecule has 2 heterocycles. The molecule has 0 spiro atoms. The lowest BCUT2D eigenvalue weighted by atomic mass is 10.3. The SMILES string of the molecule is O=C(Cn1nc(-c2ccco2)ccc1=O)Nc1cccc([N+](=O)[O-])c1. The van der Waals surface area contributed by atoms with Crippen LogP contribution in [-0.2, 0) is 11.3 Å². The topological polar surface area (TPSA) is 120 Å². The minimum Gasteiger partial charge on any atom is -0.463 e. The standard InChI is InChI=1S/C16H12N4O5/c21-15(17-11-3-1-4-12(9-11)20(23)24)10-19-16(22)7-6-13(18-19)14-5-2-8-25-14/h1-9H,10H2,(H,17,21). The monoisotopic (exact) mass is 340 g/mol. The van der Waals surface area contributed by atoms with Crippen molar-refractivity contribution >= 4 is 17.3 Å². The molecule has 0 atom stereocenters. The van der Waals surface area contributed by atoms with Crippen molar-refractivity contribution in [2.75, 3.05) is 5.32 Å². The lowest BCUT2D eigenvalue weighted by Crippen LogP contribution is -2.29. The minimum absolute atomic E-state index is 0.145. The van der Waals surface area contributed by atoms with E-state index in [9.17, 15) is 19.7 Å². The molecule has 1 amide bonds. The average Bonchev–Trinajstić information content (AvgIpc) is 3.11. The Bertz CT molecular complexity index is 978. The zero-order chi connectivity index (χ0) is 17.8. The van der Waals surface area contributed by atoms with E-state index >= 15 is 0 Å². The second kappa shape index (κ2) is 6.79. The van der Waals surface area contributed by atoms with Gasteiger partial charge in [-0.3, -0.25) is 19.7 Å². The Labute approximate surface area is 140 Å².